The lowest BCUT2D eigenvalue weighted by atomic mass is 9.97. The van der Waals surface area contributed by atoms with Gasteiger partial charge >= 0.3 is 0 Å². The molecule has 0 N–H and O–H groups in total. The summed E-state index contributed by atoms with van der Waals surface area (Å²) >= 11 is 0. The SMILES string of the molecule is c1ccc(-n2ccc3ccc4c5ccccc5n(-c5cccc(-c6ccc7c(ccc8ccccc87)c6)c5)c4c32)cc1. The van der Waals surface area contributed by atoms with Crippen LogP contribution in [0.1, 0.15) is 0 Å². The number of rotatable bonds is 3. The molecule has 0 saturated heterocycles. The molecule has 0 atom stereocenters. The van der Waals surface area contributed by atoms with Crippen molar-refractivity contribution in [3.8, 4) is 22.5 Å². The molecular formula is C40H26N2. The summed E-state index contributed by atoms with van der Waals surface area (Å²) in [7, 11) is 0. The quantitative estimate of drug-likeness (QED) is 0.200. The molecule has 0 aliphatic rings. The molecule has 42 heavy (non-hydrogen) atoms. The van der Waals surface area contributed by atoms with Gasteiger partial charge in [0.15, 0.2) is 0 Å². The Morgan fingerprint density at radius 3 is 1.98 bits per heavy atom. The van der Waals surface area contributed by atoms with Crippen LogP contribution in [0.15, 0.2) is 158 Å². The predicted molar refractivity (Wildman–Crippen MR) is 178 cm³/mol. The average molecular weight is 535 g/mol. The summed E-state index contributed by atoms with van der Waals surface area (Å²) < 4.78 is 4.77. The zero-order valence-electron chi connectivity index (χ0n) is 22.9. The number of nitrogens with zero attached hydrogens (tertiary/aromatic N) is 2. The van der Waals surface area contributed by atoms with Gasteiger partial charge in [-0.3, -0.25) is 0 Å². The van der Waals surface area contributed by atoms with E-state index in [1.165, 1.54) is 65.4 Å². The minimum Gasteiger partial charge on any atom is -0.315 e. The average Bonchev–Trinajstić information content (AvgIpc) is 3.64. The van der Waals surface area contributed by atoms with Crippen molar-refractivity contribution in [3.63, 3.8) is 0 Å². The Morgan fingerprint density at radius 1 is 0.357 bits per heavy atom. The zero-order valence-corrected chi connectivity index (χ0v) is 22.9. The van der Waals surface area contributed by atoms with Crippen LogP contribution in [0, 0.1) is 0 Å². The first-order valence-corrected chi connectivity index (χ1v) is 14.4. The summed E-state index contributed by atoms with van der Waals surface area (Å²) in [5.74, 6) is 0. The van der Waals surface area contributed by atoms with Gasteiger partial charge in [-0.25, -0.2) is 0 Å². The van der Waals surface area contributed by atoms with Crippen molar-refractivity contribution in [1.29, 1.82) is 0 Å². The first-order valence-electron chi connectivity index (χ1n) is 14.4. The number of benzene rings is 7. The summed E-state index contributed by atoms with van der Waals surface area (Å²) in [4.78, 5) is 0. The first-order chi connectivity index (χ1) is 20.8. The highest BCUT2D eigenvalue weighted by Crippen LogP contribution is 2.39. The van der Waals surface area contributed by atoms with E-state index in [-0.39, 0.29) is 0 Å². The fourth-order valence-electron chi connectivity index (χ4n) is 6.76. The van der Waals surface area contributed by atoms with E-state index in [9.17, 15) is 0 Å². The summed E-state index contributed by atoms with van der Waals surface area (Å²) in [6.45, 7) is 0. The highest BCUT2D eigenvalue weighted by molar-refractivity contribution is 6.18. The van der Waals surface area contributed by atoms with Crippen molar-refractivity contribution >= 4 is 54.3 Å². The molecule has 2 heterocycles. The van der Waals surface area contributed by atoms with E-state index in [4.69, 9.17) is 0 Å². The number of fused-ring (bicyclic) bond motifs is 8. The first kappa shape index (κ1) is 23.1. The Hall–Kier alpha value is -5.60. The summed E-state index contributed by atoms with van der Waals surface area (Å²) in [5.41, 5.74) is 8.41. The second kappa shape index (κ2) is 8.95. The van der Waals surface area contributed by atoms with Crippen molar-refractivity contribution in [3.05, 3.63) is 158 Å². The topological polar surface area (TPSA) is 9.86 Å². The molecule has 0 unspecified atom stereocenters. The molecule has 0 aliphatic heterocycles. The molecule has 2 aromatic heterocycles. The van der Waals surface area contributed by atoms with Gasteiger partial charge in [-0.05, 0) is 75.1 Å². The normalized spacial score (nSPS) is 11.8. The van der Waals surface area contributed by atoms with Crippen molar-refractivity contribution in [2.75, 3.05) is 0 Å². The Balaban J connectivity index is 1.30. The summed E-state index contributed by atoms with van der Waals surface area (Å²) in [5, 5.41) is 8.88. The zero-order chi connectivity index (χ0) is 27.6. The van der Waals surface area contributed by atoms with Gasteiger partial charge in [-0.2, -0.15) is 0 Å². The molecule has 9 rings (SSSR count). The van der Waals surface area contributed by atoms with Crippen LogP contribution < -0.4 is 0 Å². The molecule has 0 amide bonds. The van der Waals surface area contributed by atoms with Crippen LogP contribution in [-0.4, -0.2) is 9.13 Å². The van der Waals surface area contributed by atoms with Crippen LogP contribution in [0.5, 0.6) is 0 Å². The maximum atomic E-state index is 2.45. The molecule has 0 saturated carbocycles. The third kappa shape index (κ3) is 3.39. The summed E-state index contributed by atoms with van der Waals surface area (Å²) in [6, 6.07) is 55.1. The Kier molecular flexibility index (Phi) is 4.93. The molecule has 0 aliphatic carbocycles. The van der Waals surface area contributed by atoms with Crippen molar-refractivity contribution < 1.29 is 0 Å². The molecule has 7 aromatic carbocycles. The molecule has 0 bridgehead atoms. The Labute approximate surface area is 243 Å². The fourth-order valence-corrected chi connectivity index (χ4v) is 6.76. The largest absolute Gasteiger partial charge is 0.315 e. The van der Waals surface area contributed by atoms with E-state index < -0.39 is 0 Å². The van der Waals surface area contributed by atoms with E-state index >= 15 is 0 Å². The Morgan fingerprint density at radius 2 is 1.05 bits per heavy atom. The van der Waals surface area contributed by atoms with Gasteiger partial charge in [0.05, 0.1) is 16.6 Å². The van der Waals surface area contributed by atoms with Crippen LogP contribution in [0.3, 0.4) is 0 Å². The molecule has 2 nitrogen and oxygen atoms in total. The van der Waals surface area contributed by atoms with E-state index in [2.05, 4.69) is 167 Å². The van der Waals surface area contributed by atoms with Gasteiger partial charge in [-0.1, -0.05) is 109 Å². The van der Waals surface area contributed by atoms with E-state index in [0.29, 0.717) is 0 Å². The van der Waals surface area contributed by atoms with Crippen molar-refractivity contribution in [2.24, 2.45) is 0 Å². The van der Waals surface area contributed by atoms with Crippen LogP contribution >= 0.6 is 0 Å². The number of hydrogen-bond acceptors (Lipinski definition) is 0. The molecule has 0 fully saturated rings. The van der Waals surface area contributed by atoms with Gasteiger partial charge in [-0.15, -0.1) is 0 Å². The lowest BCUT2D eigenvalue weighted by molar-refractivity contribution is 1.12. The lowest BCUT2D eigenvalue weighted by Crippen LogP contribution is -1.98. The van der Waals surface area contributed by atoms with Gasteiger partial charge in [0, 0.05) is 33.7 Å². The second-order valence-electron chi connectivity index (χ2n) is 11.0. The second-order valence-corrected chi connectivity index (χ2v) is 11.0. The maximum absolute atomic E-state index is 2.45. The fraction of sp³-hybridized carbons (Fsp3) is 0. The summed E-state index contributed by atoms with van der Waals surface area (Å²) in [6.07, 6.45) is 2.19. The van der Waals surface area contributed by atoms with Gasteiger partial charge < -0.3 is 9.13 Å². The molecule has 0 spiro atoms. The molecular weight excluding hydrogens is 508 g/mol. The van der Waals surface area contributed by atoms with Crippen LogP contribution in [0.4, 0.5) is 0 Å². The predicted octanol–water partition coefficient (Wildman–Crippen LogP) is 10.7. The maximum Gasteiger partial charge on any atom is 0.0788 e. The monoisotopic (exact) mass is 534 g/mol. The minimum absolute atomic E-state index is 1.16. The lowest BCUT2D eigenvalue weighted by Gasteiger charge is -2.13. The van der Waals surface area contributed by atoms with E-state index in [0.717, 1.165) is 11.4 Å². The van der Waals surface area contributed by atoms with Gasteiger partial charge in [0.2, 0.25) is 0 Å². The number of aromatic nitrogens is 2. The van der Waals surface area contributed by atoms with E-state index in [1.807, 2.05) is 0 Å². The molecule has 9 aromatic rings. The third-order valence-electron chi connectivity index (χ3n) is 8.70. The Bertz CT molecular complexity index is 2460. The highest BCUT2D eigenvalue weighted by atomic mass is 15.0. The number of hydrogen-bond donors (Lipinski definition) is 0. The van der Waals surface area contributed by atoms with Crippen LogP contribution in [0.25, 0.3) is 76.8 Å². The van der Waals surface area contributed by atoms with Gasteiger partial charge in [0.25, 0.3) is 0 Å². The number of para-hydroxylation sites is 2. The molecule has 2 heteroatoms. The molecule has 0 radical (unpaired) electrons. The standard InChI is InChI=1S/C40H26N2/c1-2-11-32(12-3-1)41-24-23-28-19-22-37-36-15-6-7-16-38(36)42(40(37)39(28)41)33-13-8-10-29(26-33)30-20-21-35-31(25-30)18-17-27-9-4-5-14-34(27)35/h1-26H. The van der Waals surface area contributed by atoms with Crippen molar-refractivity contribution in [1.82, 2.24) is 9.13 Å². The van der Waals surface area contributed by atoms with Crippen LogP contribution in [0.2, 0.25) is 0 Å². The van der Waals surface area contributed by atoms with Crippen molar-refractivity contribution in [2.45, 2.75) is 0 Å². The highest BCUT2D eigenvalue weighted by Gasteiger charge is 2.18. The van der Waals surface area contributed by atoms with E-state index in [1.54, 1.807) is 0 Å². The van der Waals surface area contributed by atoms with Gasteiger partial charge in [0.1, 0.15) is 0 Å². The molecule has 196 valence electrons. The minimum atomic E-state index is 1.16. The smallest absolute Gasteiger partial charge is 0.0788 e. The van der Waals surface area contributed by atoms with Crippen LogP contribution in [-0.2, 0) is 0 Å². The third-order valence-corrected chi connectivity index (χ3v) is 8.70.